The fourth-order valence-electron chi connectivity index (χ4n) is 7.68. The van der Waals surface area contributed by atoms with Gasteiger partial charge in [0.25, 0.3) is 5.91 Å². The molecule has 70 heavy (non-hydrogen) atoms. The Balaban J connectivity index is 0.000000340. The lowest BCUT2D eigenvalue weighted by molar-refractivity contribution is -0.149. The van der Waals surface area contributed by atoms with Crippen molar-refractivity contribution in [3.05, 3.63) is 117 Å². The molecule has 0 aliphatic heterocycles. The van der Waals surface area contributed by atoms with Crippen LogP contribution in [0.4, 0.5) is 26.3 Å². The Kier molecular flexibility index (Phi) is 22.3. The van der Waals surface area contributed by atoms with Gasteiger partial charge in [-0.25, -0.2) is 4.79 Å². The van der Waals surface area contributed by atoms with E-state index in [2.05, 4.69) is 21.9 Å². The van der Waals surface area contributed by atoms with Gasteiger partial charge in [-0.15, -0.1) is 0 Å². The van der Waals surface area contributed by atoms with E-state index in [1.807, 2.05) is 65.8 Å². The van der Waals surface area contributed by atoms with Crippen LogP contribution in [0.1, 0.15) is 143 Å². The zero-order valence-corrected chi connectivity index (χ0v) is 41.9. The minimum absolute atomic E-state index is 0. The summed E-state index contributed by atoms with van der Waals surface area (Å²) in [7, 11) is 1.27. The quantitative estimate of drug-likeness (QED) is 0.0481. The van der Waals surface area contributed by atoms with E-state index in [0.717, 1.165) is 24.0 Å². The van der Waals surface area contributed by atoms with Crippen LogP contribution < -0.4 is 19.9 Å². The summed E-state index contributed by atoms with van der Waals surface area (Å²) in [4.78, 5) is 25.0. The number of aryl methyl sites for hydroxylation is 6. The fourth-order valence-corrected chi connectivity index (χ4v) is 7.68. The highest BCUT2D eigenvalue weighted by Gasteiger charge is 2.40. The maximum Gasteiger partial charge on any atom is 0.437 e. The number of halogens is 6. The van der Waals surface area contributed by atoms with E-state index in [4.69, 9.17) is 33.7 Å². The van der Waals surface area contributed by atoms with E-state index in [9.17, 15) is 35.9 Å². The monoisotopic (exact) mass is 1000 g/mol. The summed E-state index contributed by atoms with van der Waals surface area (Å²) in [6, 6.07) is 17.6. The molecule has 2 heterocycles. The van der Waals surface area contributed by atoms with Gasteiger partial charge in [-0.1, -0.05) is 145 Å². The zero-order valence-electron chi connectivity index (χ0n) is 40.8. The van der Waals surface area contributed by atoms with Gasteiger partial charge < -0.3 is 33.7 Å². The number of benzene rings is 4. The van der Waals surface area contributed by atoms with Crippen LogP contribution in [0.15, 0.2) is 69.7 Å². The predicted molar refractivity (Wildman–Crippen MR) is 262 cm³/mol. The van der Waals surface area contributed by atoms with Crippen LogP contribution in [-0.2, 0) is 65.2 Å². The highest BCUT2D eigenvalue weighted by molar-refractivity contribution is 6.51. The topological polar surface area (TPSA) is 166 Å². The Bertz CT molecular complexity index is 2610. The number of primary amides is 1. The molecule has 2 unspecified atom stereocenters. The molecule has 2 aromatic heterocycles. The lowest BCUT2D eigenvalue weighted by atomic mass is 9.97. The molecule has 6 rings (SSSR count). The summed E-state index contributed by atoms with van der Waals surface area (Å²) in [5.74, 6) is 3.58. The molecule has 4 N–H and O–H groups in total. The van der Waals surface area contributed by atoms with Gasteiger partial charge in [0.1, 0.15) is 11.5 Å². The number of esters is 1. The van der Waals surface area contributed by atoms with E-state index in [1.165, 1.54) is 19.2 Å². The molecule has 4 aromatic carbocycles. The Morgan fingerprint density at radius 3 is 1.27 bits per heavy atom. The van der Waals surface area contributed by atoms with Crippen LogP contribution >= 0.6 is 0 Å². The third-order valence-electron chi connectivity index (χ3n) is 10.9. The van der Waals surface area contributed by atoms with Crippen LogP contribution in [0.2, 0.25) is 11.6 Å². The van der Waals surface area contributed by atoms with Crippen LogP contribution in [0, 0.1) is 0 Å². The van der Waals surface area contributed by atoms with Crippen molar-refractivity contribution in [1.29, 1.82) is 0 Å². The first-order valence-corrected chi connectivity index (χ1v) is 26.3. The van der Waals surface area contributed by atoms with Crippen molar-refractivity contribution in [1.82, 2.24) is 10.3 Å². The molecule has 6 aromatic rings. The van der Waals surface area contributed by atoms with Gasteiger partial charge in [-0.05, 0) is 72.9 Å². The molecule has 2 atom stereocenters. The second kappa shape index (κ2) is 26.6. The number of fused-ring (bicyclic) bond motifs is 2. The summed E-state index contributed by atoms with van der Waals surface area (Å²) in [6.45, 7) is 11.7. The molecule has 1 amide bonds. The van der Waals surface area contributed by atoms with Gasteiger partial charge in [0, 0.05) is 22.3 Å². The standard InChI is InChI=1S/C25H28F3NO4.C24H27F3N2O3.CH4.2CH3.Al.H2N/c1-5-8-17-14-19-22(33-29-23(19)25(26,27)28)18(9-6-2)20(17)32-21(24(30)31-4)16-12-10-15(7-3)11-13-16;1-4-7-16-13-18-21(32-29-22(18)24(25,26)27)17(8-5-2)19(16)31-20(23(28)30)15-11-9-14(6-3)10-12-15;;;;;/h10-14,21H,5-9H2,1-4H3;9-13,20H,4-8H2,1-3H3,(H2,28,30);1H4;2*1H3;;1H2/q;;;;;+1;-1. The maximum absolute atomic E-state index is 13.5. The smallest absolute Gasteiger partial charge is 0.437 e. The second-order valence-electron chi connectivity index (χ2n) is 16.9. The van der Waals surface area contributed by atoms with Gasteiger partial charge in [-0.2, -0.15) is 26.3 Å². The molecule has 382 valence electrons. The van der Waals surface area contributed by atoms with Crippen molar-refractivity contribution in [2.75, 3.05) is 7.11 Å². The van der Waals surface area contributed by atoms with Crippen molar-refractivity contribution in [2.45, 2.75) is 149 Å². The average molecular weight is 1000 g/mol. The number of hydrogen-bond donors (Lipinski definition) is 2. The van der Waals surface area contributed by atoms with Crippen LogP contribution in [0.25, 0.3) is 21.9 Å². The second-order valence-corrected chi connectivity index (χ2v) is 19.3. The molecular formula is C52H67AlF6N4O7. The summed E-state index contributed by atoms with van der Waals surface area (Å²) < 4.78 is 114. The molecule has 0 bridgehead atoms. The van der Waals surface area contributed by atoms with E-state index >= 15 is 0 Å². The van der Waals surface area contributed by atoms with Crippen molar-refractivity contribution < 1.29 is 59.2 Å². The SMILES string of the molecule is C.CCCc1cc2c(C(F)(F)F)noc2c(CCC)c1OC(C(=O)OC)c1ccc(CC)cc1.CCCc1cc2c(C(F)(F)F)noc2c(CCC)c1OC(C(N)=O)c1ccc(CC)cc1.[CH3][Al]([CH3])[NH2]. The zero-order chi connectivity index (χ0) is 51.2. The van der Waals surface area contributed by atoms with E-state index < -0.39 is 62.2 Å². The fraction of sp³-hybridized carbons (Fsp3) is 0.462. The number of hydrogen-bond acceptors (Lipinski definition) is 10. The first kappa shape index (κ1) is 58.7. The van der Waals surface area contributed by atoms with Gasteiger partial charge in [0.2, 0.25) is 12.2 Å². The molecule has 0 saturated carbocycles. The van der Waals surface area contributed by atoms with E-state index in [1.54, 1.807) is 24.3 Å². The molecule has 0 saturated heterocycles. The molecule has 11 nitrogen and oxygen atoms in total. The highest BCUT2D eigenvalue weighted by Crippen LogP contribution is 2.44. The number of alkyl halides is 6. The number of amides is 1. The van der Waals surface area contributed by atoms with Gasteiger partial charge >= 0.3 is 32.7 Å². The molecule has 0 spiro atoms. The summed E-state index contributed by atoms with van der Waals surface area (Å²) in [6.07, 6.45) is -5.42. The number of carbonyl (C=O) groups is 2. The third-order valence-corrected chi connectivity index (χ3v) is 10.9. The van der Waals surface area contributed by atoms with E-state index in [0.29, 0.717) is 96.2 Å². The van der Waals surface area contributed by atoms with Gasteiger partial charge in [0.15, 0.2) is 22.6 Å². The van der Waals surface area contributed by atoms with Crippen LogP contribution in [0.5, 0.6) is 11.5 Å². The Morgan fingerprint density at radius 1 is 0.629 bits per heavy atom. The van der Waals surface area contributed by atoms with Crippen LogP contribution in [-0.4, -0.2) is 43.7 Å². The number of methoxy groups -OCH3 is 1. The number of aromatic nitrogens is 2. The number of carbonyl (C=O) groups excluding carboxylic acids is 2. The van der Waals surface area contributed by atoms with Crippen molar-refractivity contribution in [3.63, 3.8) is 0 Å². The summed E-state index contributed by atoms with van der Waals surface area (Å²) in [5.41, 5.74) is 9.04. The van der Waals surface area contributed by atoms with Crippen molar-refractivity contribution in [3.8, 4) is 11.5 Å². The molecule has 0 radical (unpaired) electrons. The molecular weight excluding hydrogens is 934 g/mol. The minimum Gasteiger partial charge on any atom is -0.475 e. The van der Waals surface area contributed by atoms with Crippen LogP contribution in [0.3, 0.4) is 0 Å². The maximum atomic E-state index is 13.5. The minimum atomic E-state index is -4.64. The Hall–Kier alpha value is -5.57. The molecule has 0 aliphatic carbocycles. The normalized spacial score (nSPS) is 12.2. The van der Waals surface area contributed by atoms with E-state index in [-0.39, 0.29) is 29.4 Å². The summed E-state index contributed by atoms with van der Waals surface area (Å²) in [5, 5.41) is 6.42. The summed E-state index contributed by atoms with van der Waals surface area (Å²) >= 11 is -0.639. The number of nitrogens with zero attached hydrogens (tertiary/aromatic N) is 2. The van der Waals surface area contributed by atoms with Crippen molar-refractivity contribution in [2.24, 2.45) is 10.5 Å². The Labute approximate surface area is 411 Å². The highest BCUT2D eigenvalue weighted by atomic mass is 27.2. The molecule has 0 aliphatic rings. The Morgan fingerprint density at radius 2 is 0.971 bits per heavy atom. The number of rotatable bonds is 18. The first-order chi connectivity index (χ1) is 32.7. The lowest BCUT2D eigenvalue weighted by Gasteiger charge is -2.22. The predicted octanol–water partition coefficient (Wildman–Crippen LogP) is 13.4. The number of ether oxygens (including phenoxy) is 3. The lowest BCUT2D eigenvalue weighted by Crippen LogP contribution is -2.27. The van der Waals surface area contributed by atoms with Gasteiger partial charge in [-0.3, -0.25) is 4.79 Å². The van der Waals surface area contributed by atoms with Gasteiger partial charge in [0.05, 0.1) is 17.9 Å². The largest absolute Gasteiger partial charge is 0.475 e. The average Bonchev–Trinajstić information content (AvgIpc) is 3.94. The molecule has 0 fully saturated rings. The first-order valence-electron chi connectivity index (χ1n) is 23.3. The molecule has 18 heteroatoms. The van der Waals surface area contributed by atoms with Crippen molar-refractivity contribution >= 4 is 48.2 Å². The number of nitrogens with two attached hydrogens (primary N) is 2. The third kappa shape index (κ3) is 14.7.